The molecule has 0 unspecified atom stereocenters. The second-order valence-corrected chi connectivity index (χ2v) is 5.01. The molecule has 0 aliphatic rings. The Morgan fingerprint density at radius 3 is 2.38 bits per heavy atom. The number of nitrogens with zero attached hydrogens (tertiary/aromatic N) is 2. The molecule has 0 saturated carbocycles. The number of primary amides is 1. The van der Waals surface area contributed by atoms with E-state index in [1.807, 2.05) is 0 Å². The van der Waals surface area contributed by atoms with Gasteiger partial charge < -0.3 is 11.1 Å². The van der Waals surface area contributed by atoms with Crippen molar-refractivity contribution in [2.45, 2.75) is 20.4 Å². The Morgan fingerprint density at radius 2 is 1.90 bits per heavy atom. The summed E-state index contributed by atoms with van der Waals surface area (Å²) < 4.78 is 1.55. The molecule has 1 aromatic heterocycles. The fraction of sp³-hybridized carbons (Fsp3) is 0.214. The topological polar surface area (TPSA) is 90.0 Å². The molecule has 1 heterocycles. The molecule has 0 aliphatic heterocycles. The Hall–Kier alpha value is -2.34. The Morgan fingerprint density at radius 1 is 1.29 bits per heavy atom. The highest BCUT2D eigenvalue weighted by Crippen LogP contribution is 2.18. The van der Waals surface area contributed by atoms with E-state index in [2.05, 4.69) is 10.4 Å². The number of anilines is 1. The van der Waals surface area contributed by atoms with Gasteiger partial charge in [-0.3, -0.25) is 14.3 Å². The van der Waals surface area contributed by atoms with Crippen molar-refractivity contribution >= 4 is 29.1 Å². The number of aryl methyl sites for hydroxylation is 1. The first-order valence-corrected chi connectivity index (χ1v) is 6.65. The first-order chi connectivity index (χ1) is 9.88. The van der Waals surface area contributed by atoms with Gasteiger partial charge in [0, 0.05) is 11.3 Å². The smallest absolute Gasteiger partial charge is 0.248 e. The minimum Gasteiger partial charge on any atom is -0.366 e. The van der Waals surface area contributed by atoms with Crippen LogP contribution in [-0.4, -0.2) is 21.6 Å². The van der Waals surface area contributed by atoms with Crippen molar-refractivity contribution < 1.29 is 9.59 Å². The summed E-state index contributed by atoms with van der Waals surface area (Å²) >= 11 is 6.03. The van der Waals surface area contributed by atoms with Gasteiger partial charge in [-0.05, 0) is 38.1 Å². The summed E-state index contributed by atoms with van der Waals surface area (Å²) in [6, 6.07) is 6.34. The van der Waals surface area contributed by atoms with Gasteiger partial charge in [0.05, 0.1) is 16.4 Å². The van der Waals surface area contributed by atoms with Gasteiger partial charge in [-0.15, -0.1) is 0 Å². The summed E-state index contributed by atoms with van der Waals surface area (Å²) in [7, 11) is 0. The summed E-state index contributed by atoms with van der Waals surface area (Å²) in [6.45, 7) is 3.65. The van der Waals surface area contributed by atoms with Gasteiger partial charge in [0.2, 0.25) is 11.8 Å². The zero-order valence-corrected chi connectivity index (χ0v) is 12.4. The minimum absolute atomic E-state index is 0.0664. The highest BCUT2D eigenvalue weighted by molar-refractivity contribution is 6.31. The summed E-state index contributed by atoms with van der Waals surface area (Å²) in [6.07, 6.45) is 0. The van der Waals surface area contributed by atoms with Crippen molar-refractivity contribution in [1.29, 1.82) is 0 Å². The highest BCUT2D eigenvalue weighted by atomic mass is 35.5. The van der Waals surface area contributed by atoms with Crippen molar-refractivity contribution in [3.8, 4) is 0 Å². The maximum Gasteiger partial charge on any atom is 0.248 e. The largest absolute Gasteiger partial charge is 0.366 e. The van der Waals surface area contributed by atoms with Gasteiger partial charge in [0.1, 0.15) is 6.54 Å². The SMILES string of the molecule is Cc1nn(CC(=O)Nc2ccc(C(N)=O)cc2)c(C)c1Cl. The number of nitrogens with two attached hydrogens (primary N) is 1. The normalized spacial score (nSPS) is 10.4. The number of benzene rings is 1. The van der Waals surface area contributed by atoms with E-state index in [9.17, 15) is 9.59 Å². The Labute approximate surface area is 126 Å². The van der Waals surface area contributed by atoms with Crippen LogP contribution < -0.4 is 11.1 Å². The maximum absolute atomic E-state index is 12.0. The van der Waals surface area contributed by atoms with Gasteiger partial charge in [-0.2, -0.15) is 5.10 Å². The summed E-state index contributed by atoms with van der Waals surface area (Å²) in [5, 5.41) is 7.47. The lowest BCUT2D eigenvalue weighted by atomic mass is 10.2. The van der Waals surface area contributed by atoms with E-state index in [1.54, 1.807) is 42.8 Å². The number of aromatic nitrogens is 2. The minimum atomic E-state index is -0.509. The molecule has 2 aromatic rings. The predicted octanol–water partition coefficient (Wildman–Crippen LogP) is 1.89. The quantitative estimate of drug-likeness (QED) is 0.903. The lowest BCUT2D eigenvalue weighted by Gasteiger charge is -2.07. The third-order valence-electron chi connectivity index (χ3n) is 3.04. The zero-order chi connectivity index (χ0) is 15.6. The second-order valence-electron chi connectivity index (χ2n) is 4.63. The number of halogens is 1. The van der Waals surface area contributed by atoms with Gasteiger partial charge in [0.25, 0.3) is 0 Å². The average Bonchev–Trinajstić information content (AvgIpc) is 2.67. The predicted molar refractivity (Wildman–Crippen MR) is 80.3 cm³/mol. The van der Waals surface area contributed by atoms with E-state index >= 15 is 0 Å². The lowest BCUT2D eigenvalue weighted by molar-refractivity contribution is -0.116. The number of carbonyl (C=O) groups is 2. The van der Waals surface area contributed by atoms with Crippen LogP contribution in [0.15, 0.2) is 24.3 Å². The zero-order valence-electron chi connectivity index (χ0n) is 11.7. The Balaban J connectivity index is 2.04. The Kier molecular flexibility index (Phi) is 4.28. The van der Waals surface area contributed by atoms with E-state index in [0.29, 0.717) is 22.0 Å². The molecule has 0 atom stereocenters. The number of carbonyl (C=O) groups excluding carboxylic acids is 2. The summed E-state index contributed by atoms with van der Waals surface area (Å²) in [5.41, 5.74) is 7.55. The number of amides is 2. The van der Waals surface area contributed by atoms with Crippen LogP contribution in [0.1, 0.15) is 21.7 Å². The number of nitrogens with one attached hydrogen (secondary N) is 1. The molecule has 0 aliphatic carbocycles. The first kappa shape index (κ1) is 15.1. The fourth-order valence-electron chi connectivity index (χ4n) is 1.88. The summed E-state index contributed by atoms with van der Waals surface area (Å²) in [5.74, 6) is -0.741. The molecule has 0 fully saturated rings. The molecule has 2 amide bonds. The van der Waals surface area contributed by atoms with E-state index in [4.69, 9.17) is 17.3 Å². The van der Waals surface area contributed by atoms with Gasteiger partial charge >= 0.3 is 0 Å². The van der Waals surface area contributed by atoms with Crippen molar-refractivity contribution in [2.24, 2.45) is 5.73 Å². The van der Waals surface area contributed by atoms with Crippen molar-refractivity contribution in [3.63, 3.8) is 0 Å². The summed E-state index contributed by atoms with van der Waals surface area (Å²) in [4.78, 5) is 22.9. The van der Waals surface area contributed by atoms with Crippen LogP contribution in [-0.2, 0) is 11.3 Å². The van der Waals surface area contributed by atoms with Crippen LogP contribution in [0.25, 0.3) is 0 Å². The standard InChI is InChI=1S/C14H15ClN4O2/c1-8-13(15)9(2)19(18-8)7-12(20)17-11-5-3-10(4-6-11)14(16)21/h3-6H,7H2,1-2H3,(H2,16,21)(H,17,20). The van der Waals surface area contributed by atoms with Crippen molar-refractivity contribution in [1.82, 2.24) is 9.78 Å². The lowest BCUT2D eigenvalue weighted by Crippen LogP contribution is -2.20. The van der Waals surface area contributed by atoms with Crippen LogP contribution in [0.3, 0.4) is 0 Å². The molecule has 7 heteroatoms. The fourth-order valence-corrected chi connectivity index (χ4v) is 2.02. The van der Waals surface area contributed by atoms with E-state index < -0.39 is 5.91 Å². The monoisotopic (exact) mass is 306 g/mol. The number of rotatable bonds is 4. The van der Waals surface area contributed by atoms with E-state index in [1.165, 1.54) is 0 Å². The molecule has 3 N–H and O–H groups in total. The molecular formula is C14H15ClN4O2. The first-order valence-electron chi connectivity index (χ1n) is 6.27. The molecule has 1 aromatic carbocycles. The molecule has 2 rings (SSSR count). The molecular weight excluding hydrogens is 292 g/mol. The van der Waals surface area contributed by atoms with Crippen LogP contribution in [0.4, 0.5) is 5.69 Å². The molecule has 0 bridgehead atoms. The average molecular weight is 307 g/mol. The molecule has 0 spiro atoms. The van der Waals surface area contributed by atoms with E-state index in [-0.39, 0.29) is 12.5 Å². The van der Waals surface area contributed by atoms with Crippen LogP contribution >= 0.6 is 11.6 Å². The third kappa shape index (κ3) is 3.41. The molecule has 0 radical (unpaired) electrons. The number of hydrogen-bond acceptors (Lipinski definition) is 3. The van der Waals surface area contributed by atoms with Crippen LogP contribution in [0.5, 0.6) is 0 Å². The van der Waals surface area contributed by atoms with Crippen LogP contribution in [0, 0.1) is 13.8 Å². The maximum atomic E-state index is 12.0. The third-order valence-corrected chi connectivity index (χ3v) is 3.59. The molecule has 110 valence electrons. The Bertz CT molecular complexity index is 692. The van der Waals surface area contributed by atoms with Gasteiger partial charge in [0.15, 0.2) is 0 Å². The van der Waals surface area contributed by atoms with Gasteiger partial charge in [-0.1, -0.05) is 11.6 Å². The second kappa shape index (κ2) is 5.97. The van der Waals surface area contributed by atoms with E-state index in [0.717, 1.165) is 5.69 Å². The van der Waals surface area contributed by atoms with Crippen LogP contribution in [0.2, 0.25) is 5.02 Å². The van der Waals surface area contributed by atoms with Crippen molar-refractivity contribution in [3.05, 3.63) is 46.2 Å². The number of hydrogen-bond donors (Lipinski definition) is 2. The molecule has 6 nitrogen and oxygen atoms in total. The van der Waals surface area contributed by atoms with Gasteiger partial charge in [-0.25, -0.2) is 0 Å². The molecule has 0 saturated heterocycles. The highest BCUT2D eigenvalue weighted by Gasteiger charge is 2.12. The molecule has 21 heavy (non-hydrogen) atoms. The van der Waals surface area contributed by atoms with Crippen molar-refractivity contribution in [2.75, 3.05) is 5.32 Å².